The van der Waals surface area contributed by atoms with Crippen LogP contribution in [0.1, 0.15) is 39.5 Å². The molecule has 0 saturated heterocycles. The van der Waals surface area contributed by atoms with Crippen molar-refractivity contribution < 1.29 is 0 Å². The van der Waals surface area contributed by atoms with Crippen LogP contribution < -0.4 is 5.73 Å². The Labute approximate surface area is 100 Å². The van der Waals surface area contributed by atoms with Gasteiger partial charge in [-0.1, -0.05) is 29.5 Å². The number of aliphatic imine (C=N–C) groups is 1. The predicted octanol–water partition coefficient (Wildman–Crippen LogP) is 3.26. The Morgan fingerprint density at radius 3 is 2.71 bits per heavy atom. The van der Waals surface area contributed by atoms with E-state index in [1.54, 1.807) is 0 Å². The number of hydrogen-bond acceptors (Lipinski definition) is 1. The van der Waals surface area contributed by atoms with Crippen molar-refractivity contribution in [1.29, 1.82) is 0 Å². The smallest absolute Gasteiger partial charge is 0.0852 e. The van der Waals surface area contributed by atoms with E-state index >= 15 is 0 Å². The van der Waals surface area contributed by atoms with Gasteiger partial charge in [0.05, 0.1) is 6.34 Å². The van der Waals surface area contributed by atoms with Crippen LogP contribution in [-0.2, 0) is 0 Å². The quantitative estimate of drug-likeness (QED) is 0.360. The van der Waals surface area contributed by atoms with Crippen molar-refractivity contribution in [2.75, 3.05) is 0 Å². The standard InChI is InChI=1S/C11H19IN2/c1-3-11(2,12)10(7-14-8-13)6-9-4-5-9/h7-9H,3-6H2,1-2H3,(H2,13,14)/b10-7-. The molecular formula is C11H19IN2. The van der Waals surface area contributed by atoms with Crippen LogP contribution in [0.4, 0.5) is 0 Å². The van der Waals surface area contributed by atoms with Gasteiger partial charge in [-0.15, -0.1) is 0 Å². The van der Waals surface area contributed by atoms with E-state index in [1.807, 2.05) is 6.20 Å². The van der Waals surface area contributed by atoms with Crippen molar-refractivity contribution in [3.05, 3.63) is 11.8 Å². The number of nitrogens with zero attached hydrogens (tertiary/aromatic N) is 1. The van der Waals surface area contributed by atoms with Crippen LogP contribution in [0.5, 0.6) is 0 Å². The molecule has 0 aromatic carbocycles. The van der Waals surface area contributed by atoms with Crippen molar-refractivity contribution in [2.24, 2.45) is 16.6 Å². The molecule has 1 aliphatic carbocycles. The van der Waals surface area contributed by atoms with Crippen LogP contribution in [-0.4, -0.2) is 9.76 Å². The molecule has 1 saturated carbocycles. The summed E-state index contributed by atoms with van der Waals surface area (Å²) >= 11 is 2.52. The lowest BCUT2D eigenvalue weighted by Gasteiger charge is -2.24. The van der Waals surface area contributed by atoms with Crippen molar-refractivity contribution >= 4 is 28.9 Å². The third kappa shape index (κ3) is 3.59. The molecule has 80 valence electrons. The summed E-state index contributed by atoms with van der Waals surface area (Å²) in [7, 11) is 0. The van der Waals surface area contributed by atoms with Crippen molar-refractivity contribution in [3.8, 4) is 0 Å². The first kappa shape index (κ1) is 12.0. The lowest BCUT2D eigenvalue weighted by Crippen LogP contribution is -2.18. The maximum Gasteiger partial charge on any atom is 0.0852 e. The number of hydrogen-bond donors (Lipinski definition) is 1. The SMILES string of the molecule is CCC(C)(I)/C(=C\N=CN)CC1CC1. The molecule has 0 amide bonds. The minimum atomic E-state index is 0.243. The molecule has 3 heteroatoms. The van der Waals surface area contributed by atoms with Crippen molar-refractivity contribution in [1.82, 2.24) is 0 Å². The molecule has 0 aromatic rings. The molecule has 2 nitrogen and oxygen atoms in total. The Morgan fingerprint density at radius 1 is 1.64 bits per heavy atom. The van der Waals surface area contributed by atoms with Gasteiger partial charge in [-0.25, -0.2) is 4.99 Å². The van der Waals surface area contributed by atoms with E-state index in [4.69, 9.17) is 5.73 Å². The van der Waals surface area contributed by atoms with E-state index in [1.165, 1.54) is 31.2 Å². The summed E-state index contributed by atoms with van der Waals surface area (Å²) < 4.78 is 0.243. The highest BCUT2D eigenvalue weighted by atomic mass is 127. The van der Waals surface area contributed by atoms with Gasteiger partial charge in [0.2, 0.25) is 0 Å². The van der Waals surface area contributed by atoms with E-state index in [-0.39, 0.29) is 3.42 Å². The number of nitrogens with two attached hydrogens (primary N) is 1. The number of rotatable bonds is 5. The summed E-state index contributed by atoms with van der Waals surface area (Å²) in [5.74, 6) is 0.912. The molecule has 1 fully saturated rings. The molecule has 1 aliphatic rings. The van der Waals surface area contributed by atoms with E-state index < -0.39 is 0 Å². The van der Waals surface area contributed by atoms with Gasteiger partial charge in [-0.05, 0) is 44.1 Å². The van der Waals surface area contributed by atoms with Gasteiger partial charge in [0.25, 0.3) is 0 Å². The van der Waals surface area contributed by atoms with E-state index in [0.29, 0.717) is 0 Å². The molecule has 0 aliphatic heterocycles. The predicted molar refractivity (Wildman–Crippen MR) is 70.8 cm³/mol. The average molecular weight is 306 g/mol. The second-order valence-electron chi connectivity index (χ2n) is 4.15. The Balaban J connectivity index is 2.68. The minimum Gasteiger partial charge on any atom is -0.390 e. The maximum atomic E-state index is 5.27. The highest BCUT2D eigenvalue weighted by Gasteiger charge is 2.30. The Morgan fingerprint density at radius 2 is 2.29 bits per heavy atom. The summed E-state index contributed by atoms with van der Waals surface area (Å²) in [5, 5.41) is 0. The molecule has 1 rings (SSSR count). The molecule has 0 radical (unpaired) electrons. The number of allylic oxidation sites excluding steroid dienone is 1. The summed E-state index contributed by atoms with van der Waals surface area (Å²) in [5.41, 5.74) is 6.70. The number of halogens is 1. The molecule has 1 atom stereocenters. The zero-order valence-electron chi connectivity index (χ0n) is 8.96. The molecule has 0 heterocycles. The summed E-state index contributed by atoms with van der Waals surface area (Å²) in [4.78, 5) is 4.05. The van der Waals surface area contributed by atoms with Crippen LogP contribution in [0.2, 0.25) is 0 Å². The third-order valence-corrected chi connectivity index (χ3v) is 4.31. The maximum absolute atomic E-state index is 5.27. The Bertz CT molecular complexity index is 240. The van der Waals surface area contributed by atoms with Crippen LogP contribution in [0, 0.1) is 5.92 Å². The van der Waals surface area contributed by atoms with Gasteiger partial charge >= 0.3 is 0 Å². The fourth-order valence-corrected chi connectivity index (χ4v) is 1.75. The Kier molecular flexibility index (Phi) is 4.41. The molecule has 0 aromatic heterocycles. The van der Waals surface area contributed by atoms with Crippen LogP contribution in [0.15, 0.2) is 16.8 Å². The summed E-state index contributed by atoms with van der Waals surface area (Å²) in [6.45, 7) is 4.49. The first-order chi connectivity index (χ1) is 6.60. The molecule has 2 N–H and O–H groups in total. The Hall–Kier alpha value is -0.0600. The lowest BCUT2D eigenvalue weighted by molar-refractivity contribution is 0.669. The average Bonchev–Trinajstić information content (AvgIpc) is 2.95. The zero-order chi connectivity index (χ0) is 10.6. The minimum absolute atomic E-state index is 0.243. The second kappa shape index (κ2) is 5.14. The first-order valence-corrected chi connectivity index (χ1v) is 6.30. The van der Waals surface area contributed by atoms with Crippen LogP contribution in [0.25, 0.3) is 0 Å². The fourth-order valence-electron chi connectivity index (χ4n) is 1.39. The lowest BCUT2D eigenvalue weighted by atomic mass is 9.94. The first-order valence-electron chi connectivity index (χ1n) is 5.22. The van der Waals surface area contributed by atoms with Crippen molar-refractivity contribution in [2.45, 2.75) is 43.0 Å². The van der Waals surface area contributed by atoms with Crippen LogP contribution >= 0.6 is 22.6 Å². The molecular weight excluding hydrogens is 287 g/mol. The monoisotopic (exact) mass is 306 g/mol. The largest absolute Gasteiger partial charge is 0.390 e. The van der Waals surface area contributed by atoms with E-state index in [9.17, 15) is 0 Å². The van der Waals surface area contributed by atoms with Crippen molar-refractivity contribution in [3.63, 3.8) is 0 Å². The molecule has 1 unspecified atom stereocenters. The normalized spacial score (nSPS) is 22.6. The summed E-state index contributed by atoms with van der Waals surface area (Å²) in [6.07, 6.45) is 8.45. The highest BCUT2D eigenvalue weighted by molar-refractivity contribution is 14.1. The van der Waals surface area contributed by atoms with Gasteiger partial charge in [-0.3, -0.25) is 0 Å². The van der Waals surface area contributed by atoms with E-state index in [0.717, 1.165) is 12.3 Å². The van der Waals surface area contributed by atoms with Gasteiger partial charge < -0.3 is 5.73 Å². The van der Waals surface area contributed by atoms with Gasteiger partial charge in [-0.2, -0.15) is 0 Å². The van der Waals surface area contributed by atoms with Gasteiger partial charge in [0.15, 0.2) is 0 Å². The number of alkyl halides is 1. The summed E-state index contributed by atoms with van der Waals surface area (Å²) in [6, 6.07) is 0. The van der Waals surface area contributed by atoms with Crippen LogP contribution in [0.3, 0.4) is 0 Å². The third-order valence-electron chi connectivity index (χ3n) is 2.86. The molecule has 14 heavy (non-hydrogen) atoms. The zero-order valence-corrected chi connectivity index (χ0v) is 11.1. The fraction of sp³-hybridized carbons (Fsp3) is 0.727. The molecule has 0 spiro atoms. The van der Waals surface area contributed by atoms with Gasteiger partial charge in [0.1, 0.15) is 0 Å². The second-order valence-corrected chi connectivity index (χ2v) is 6.53. The van der Waals surface area contributed by atoms with Gasteiger partial charge in [0, 0.05) is 9.62 Å². The van der Waals surface area contributed by atoms with E-state index in [2.05, 4.69) is 41.4 Å². The molecule has 0 bridgehead atoms. The highest BCUT2D eigenvalue weighted by Crippen LogP contribution is 2.42. The topological polar surface area (TPSA) is 38.4 Å².